The number of amides is 1. The van der Waals surface area contributed by atoms with Gasteiger partial charge in [-0.05, 0) is 24.6 Å². The zero-order chi connectivity index (χ0) is 12.7. The fourth-order valence-corrected chi connectivity index (χ4v) is 1.25. The molecule has 17 heavy (non-hydrogen) atoms. The van der Waals surface area contributed by atoms with Crippen molar-refractivity contribution in [2.75, 3.05) is 13.2 Å². The molecule has 1 amide bonds. The Morgan fingerprint density at radius 1 is 1.41 bits per heavy atom. The van der Waals surface area contributed by atoms with Crippen molar-refractivity contribution >= 4 is 11.9 Å². The molecule has 1 aromatic heterocycles. The number of rotatable bonds is 6. The molecule has 0 unspecified atom stereocenters. The predicted molar refractivity (Wildman–Crippen MR) is 59.2 cm³/mol. The van der Waals surface area contributed by atoms with Crippen LogP contribution in [-0.2, 0) is 14.3 Å². The molecule has 0 radical (unpaired) electrons. The van der Waals surface area contributed by atoms with E-state index in [1.54, 1.807) is 24.5 Å². The van der Waals surface area contributed by atoms with E-state index in [4.69, 9.17) is 5.11 Å². The maximum Gasteiger partial charge on any atom is 0.329 e. The first-order valence-electron chi connectivity index (χ1n) is 5.08. The number of carboxylic acid groups (broad SMARTS) is 1. The van der Waals surface area contributed by atoms with E-state index in [1.807, 2.05) is 6.92 Å². The van der Waals surface area contributed by atoms with E-state index in [9.17, 15) is 9.59 Å². The van der Waals surface area contributed by atoms with Gasteiger partial charge in [-0.2, -0.15) is 0 Å². The second-order valence-corrected chi connectivity index (χ2v) is 3.46. The largest absolute Gasteiger partial charge is 0.480 e. The number of ether oxygens (including phenoxy) is 1. The minimum atomic E-state index is -1.10. The molecule has 0 aliphatic heterocycles. The molecule has 0 saturated heterocycles. The van der Waals surface area contributed by atoms with Crippen molar-refractivity contribution in [2.45, 2.75) is 13.0 Å². The number of hydrogen-bond acceptors (Lipinski definition) is 4. The van der Waals surface area contributed by atoms with Crippen molar-refractivity contribution in [2.24, 2.45) is 0 Å². The van der Waals surface area contributed by atoms with Crippen LogP contribution in [0.4, 0.5) is 0 Å². The van der Waals surface area contributed by atoms with Gasteiger partial charge in [0, 0.05) is 12.4 Å². The molecular formula is C11H14N2O4. The lowest BCUT2D eigenvalue weighted by Crippen LogP contribution is -2.30. The summed E-state index contributed by atoms with van der Waals surface area (Å²) in [5.74, 6) is -1.45. The highest BCUT2D eigenvalue weighted by Gasteiger charge is 2.09. The topological polar surface area (TPSA) is 88.5 Å². The summed E-state index contributed by atoms with van der Waals surface area (Å²) < 4.78 is 4.67. The number of aromatic nitrogens is 1. The Bertz CT molecular complexity index is 380. The molecule has 0 bridgehead atoms. The van der Waals surface area contributed by atoms with Crippen molar-refractivity contribution in [3.8, 4) is 0 Å². The third-order valence-electron chi connectivity index (χ3n) is 2.04. The first-order valence-corrected chi connectivity index (χ1v) is 5.08. The molecule has 0 aromatic carbocycles. The smallest absolute Gasteiger partial charge is 0.329 e. The molecule has 1 atom stereocenters. The van der Waals surface area contributed by atoms with Gasteiger partial charge in [0.05, 0.1) is 6.04 Å². The van der Waals surface area contributed by atoms with Gasteiger partial charge in [0.15, 0.2) is 0 Å². The van der Waals surface area contributed by atoms with E-state index in [2.05, 4.69) is 15.0 Å². The van der Waals surface area contributed by atoms with Crippen LogP contribution in [0, 0.1) is 0 Å². The van der Waals surface area contributed by atoms with Crippen LogP contribution in [0.3, 0.4) is 0 Å². The summed E-state index contributed by atoms with van der Waals surface area (Å²) in [6.45, 7) is 1.09. The van der Waals surface area contributed by atoms with Gasteiger partial charge in [0.1, 0.15) is 13.2 Å². The summed E-state index contributed by atoms with van der Waals surface area (Å²) in [5, 5.41) is 11.0. The molecule has 6 nitrogen and oxygen atoms in total. The van der Waals surface area contributed by atoms with Crippen LogP contribution in [0.2, 0.25) is 0 Å². The monoisotopic (exact) mass is 238 g/mol. The van der Waals surface area contributed by atoms with Crippen LogP contribution in [0.15, 0.2) is 24.5 Å². The lowest BCUT2D eigenvalue weighted by Gasteiger charge is -2.13. The van der Waals surface area contributed by atoms with Crippen LogP contribution in [0.5, 0.6) is 0 Å². The molecule has 0 saturated carbocycles. The summed E-state index contributed by atoms with van der Waals surface area (Å²) in [5.41, 5.74) is 0.923. The van der Waals surface area contributed by atoms with Crippen LogP contribution >= 0.6 is 0 Å². The standard InChI is InChI=1S/C11H14N2O4/c1-8(9-2-4-12-5-3-9)13-10(14)6-17-7-11(15)16/h2-5,8H,6-7H2,1H3,(H,13,14)(H,15,16)/t8-/m0/s1. The predicted octanol–water partition coefficient (Wildman–Crippen LogP) is 0.360. The SMILES string of the molecule is C[C@H](NC(=O)COCC(=O)O)c1ccncc1. The van der Waals surface area contributed by atoms with Crippen molar-refractivity contribution < 1.29 is 19.4 Å². The highest BCUT2D eigenvalue weighted by atomic mass is 16.5. The van der Waals surface area contributed by atoms with Crippen molar-refractivity contribution in [3.05, 3.63) is 30.1 Å². The van der Waals surface area contributed by atoms with E-state index in [1.165, 1.54) is 0 Å². The number of nitrogens with one attached hydrogen (secondary N) is 1. The van der Waals surface area contributed by atoms with E-state index in [0.29, 0.717) is 0 Å². The van der Waals surface area contributed by atoms with Gasteiger partial charge >= 0.3 is 5.97 Å². The Labute approximate surface area is 98.6 Å². The van der Waals surface area contributed by atoms with Gasteiger partial charge in [-0.1, -0.05) is 0 Å². The Hall–Kier alpha value is -1.95. The Balaban J connectivity index is 2.34. The number of aliphatic carboxylic acids is 1. The lowest BCUT2D eigenvalue weighted by molar-refractivity contribution is -0.143. The molecular weight excluding hydrogens is 224 g/mol. The summed E-state index contributed by atoms with van der Waals surface area (Å²) in [6, 6.07) is 3.42. The zero-order valence-corrected chi connectivity index (χ0v) is 9.42. The molecule has 1 heterocycles. The average molecular weight is 238 g/mol. The molecule has 6 heteroatoms. The Morgan fingerprint density at radius 3 is 2.65 bits per heavy atom. The highest BCUT2D eigenvalue weighted by Crippen LogP contribution is 2.09. The van der Waals surface area contributed by atoms with Crippen LogP contribution in [0.1, 0.15) is 18.5 Å². The normalized spacial score (nSPS) is 11.8. The number of hydrogen-bond donors (Lipinski definition) is 2. The third-order valence-corrected chi connectivity index (χ3v) is 2.04. The molecule has 0 aliphatic carbocycles. The number of nitrogens with zero attached hydrogens (tertiary/aromatic N) is 1. The minimum Gasteiger partial charge on any atom is -0.480 e. The van der Waals surface area contributed by atoms with Gasteiger partial charge in [0.2, 0.25) is 5.91 Å². The van der Waals surface area contributed by atoms with Crippen molar-refractivity contribution in [1.29, 1.82) is 0 Å². The van der Waals surface area contributed by atoms with Crippen LogP contribution in [-0.4, -0.2) is 35.2 Å². The van der Waals surface area contributed by atoms with E-state index < -0.39 is 12.6 Å². The van der Waals surface area contributed by atoms with Crippen molar-refractivity contribution in [1.82, 2.24) is 10.3 Å². The number of carbonyl (C=O) groups is 2. The van der Waals surface area contributed by atoms with Gasteiger partial charge in [-0.3, -0.25) is 9.78 Å². The summed E-state index contributed by atoms with van der Waals surface area (Å²) in [4.78, 5) is 25.4. The summed E-state index contributed by atoms with van der Waals surface area (Å²) >= 11 is 0. The second kappa shape index (κ2) is 6.59. The zero-order valence-electron chi connectivity index (χ0n) is 9.42. The van der Waals surface area contributed by atoms with E-state index >= 15 is 0 Å². The molecule has 2 N–H and O–H groups in total. The third kappa shape index (κ3) is 5.07. The van der Waals surface area contributed by atoms with Gasteiger partial charge in [-0.15, -0.1) is 0 Å². The van der Waals surface area contributed by atoms with Gasteiger partial charge in [-0.25, -0.2) is 4.79 Å². The lowest BCUT2D eigenvalue weighted by atomic mass is 10.1. The minimum absolute atomic E-state index is 0.168. The number of carboxylic acids is 1. The first-order chi connectivity index (χ1) is 8.09. The Morgan fingerprint density at radius 2 is 2.06 bits per heavy atom. The van der Waals surface area contributed by atoms with Crippen LogP contribution in [0.25, 0.3) is 0 Å². The molecule has 1 aromatic rings. The molecule has 0 aliphatic rings. The maximum atomic E-state index is 11.4. The van der Waals surface area contributed by atoms with Gasteiger partial charge < -0.3 is 15.2 Å². The number of pyridine rings is 1. The quantitative estimate of drug-likeness (QED) is 0.747. The molecule has 1 rings (SSSR count). The van der Waals surface area contributed by atoms with Crippen LogP contribution < -0.4 is 5.32 Å². The molecule has 0 spiro atoms. The maximum absolute atomic E-state index is 11.4. The summed E-state index contributed by atoms with van der Waals surface area (Å²) in [7, 11) is 0. The first kappa shape index (κ1) is 13.1. The Kier molecular flexibility index (Phi) is 5.09. The van der Waals surface area contributed by atoms with Gasteiger partial charge in [0.25, 0.3) is 0 Å². The average Bonchev–Trinajstić information content (AvgIpc) is 2.29. The fraction of sp³-hybridized carbons (Fsp3) is 0.364. The fourth-order valence-electron chi connectivity index (χ4n) is 1.25. The van der Waals surface area contributed by atoms with E-state index in [-0.39, 0.29) is 18.6 Å². The van der Waals surface area contributed by atoms with E-state index in [0.717, 1.165) is 5.56 Å². The second-order valence-electron chi connectivity index (χ2n) is 3.46. The highest BCUT2D eigenvalue weighted by molar-refractivity contribution is 5.78. The number of carbonyl (C=O) groups excluding carboxylic acids is 1. The molecule has 0 fully saturated rings. The van der Waals surface area contributed by atoms with Crippen molar-refractivity contribution in [3.63, 3.8) is 0 Å². The summed E-state index contributed by atoms with van der Waals surface area (Å²) in [6.07, 6.45) is 3.28. The molecule has 92 valence electrons.